The molecule has 1 aliphatic heterocycles. The molecule has 17 heavy (non-hydrogen) atoms. The van der Waals surface area contributed by atoms with Gasteiger partial charge in [-0.2, -0.15) is 0 Å². The minimum atomic E-state index is -0.749. The molecular formula is C13H19NO3. The van der Waals surface area contributed by atoms with Crippen LogP contribution in [0.3, 0.4) is 0 Å². The van der Waals surface area contributed by atoms with E-state index in [4.69, 9.17) is 4.74 Å². The zero-order valence-corrected chi connectivity index (χ0v) is 10.1. The second-order valence-corrected chi connectivity index (χ2v) is 4.70. The number of hydrogen-bond donors (Lipinski definition) is 1. The van der Waals surface area contributed by atoms with Gasteiger partial charge in [0.25, 0.3) is 0 Å². The van der Waals surface area contributed by atoms with Crippen LogP contribution in [-0.4, -0.2) is 48.3 Å². The summed E-state index contributed by atoms with van der Waals surface area (Å²) in [6.45, 7) is 4.77. The van der Waals surface area contributed by atoms with Crippen molar-refractivity contribution < 1.29 is 14.6 Å². The summed E-state index contributed by atoms with van der Waals surface area (Å²) < 4.78 is 5.27. The summed E-state index contributed by atoms with van der Waals surface area (Å²) in [4.78, 5) is 13.5. The monoisotopic (exact) mass is 237 g/mol. The zero-order chi connectivity index (χ0) is 12.3. The Bertz CT molecular complexity index is 343. The van der Waals surface area contributed by atoms with E-state index < -0.39 is 12.0 Å². The quantitative estimate of drug-likeness (QED) is 0.803. The number of carboxylic acids is 1. The normalized spacial score (nSPS) is 27.6. The van der Waals surface area contributed by atoms with Gasteiger partial charge in [-0.15, -0.1) is 0 Å². The second kappa shape index (κ2) is 5.47. The maximum Gasteiger partial charge on any atom is 0.325 e. The number of ether oxygens (including phenoxy) is 1. The van der Waals surface area contributed by atoms with Crippen molar-refractivity contribution in [3.8, 4) is 0 Å². The third-order valence-electron chi connectivity index (χ3n) is 3.30. The van der Waals surface area contributed by atoms with Crippen molar-refractivity contribution in [3.05, 3.63) is 23.8 Å². The molecule has 4 nitrogen and oxygen atoms in total. The van der Waals surface area contributed by atoms with Gasteiger partial charge in [-0.25, -0.2) is 0 Å². The highest BCUT2D eigenvalue weighted by Gasteiger charge is 2.31. The van der Waals surface area contributed by atoms with Crippen molar-refractivity contribution in [2.24, 2.45) is 5.92 Å². The maximum absolute atomic E-state index is 11.5. The third-order valence-corrected chi connectivity index (χ3v) is 3.30. The summed E-state index contributed by atoms with van der Waals surface area (Å²) in [7, 11) is 0. The maximum atomic E-state index is 11.5. The number of carboxylic acid groups (broad SMARTS) is 1. The Morgan fingerprint density at radius 1 is 1.53 bits per heavy atom. The Balaban J connectivity index is 2.14. The van der Waals surface area contributed by atoms with E-state index in [0.29, 0.717) is 32.2 Å². The van der Waals surface area contributed by atoms with Crippen LogP contribution in [-0.2, 0) is 9.53 Å². The second-order valence-electron chi connectivity index (χ2n) is 4.70. The van der Waals surface area contributed by atoms with Gasteiger partial charge in [0.15, 0.2) is 0 Å². The molecular weight excluding hydrogens is 218 g/mol. The summed E-state index contributed by atoms with van der Waals surface area (Å²) in [6.07, 6.45) is 6.88. The Hall–Kier alpha value is -1.13. The molecule has 4 heteroatoms. The molecule has 0 bridgehead atoms. The number of carbonyl (C=O) groups is 1. The van der Waals surface area contributed by atoms with E-state index in [9.17, 15) is 9.90 Å². The van der Waals surface area contributed by atoms with E-state index >= 15 is 0 Å². The predicted molar refractivity (Wildman–Crippen MR) is 64.8 cm³/mol. The topological polar surface area (TPSA) is 49.8 Å². The third kappa shape index (κ3) is 2.96. The molecule has 1 aliphatic carbocycles. The molecule has 0 aromatic heterocycles. The number of hydrogen-bond acceptors (Lipinski definition) is 3. The van der Waals surface area contributed by atoms with Crippen LogP contribution in [0.15, 0.2) is 23.8 Å². The molecule has 1 saturated heterocycles. The standard InChI is InChI=1S/C13H19NO3/c1-10-3-2-4-11(9-10)12(13(15)16)14-5-7-17-8-6-14/h2-4,10,12H,5-9H2,1H3,(H,15,16). The van der Waals surface area contributed by atoms with E-state index in [1.54, 1.807) is 0 Å². The fourth-order valence-corrected chi connectivity index (χ4v) is 2.46. The van der Waals surface area contributed by atoms with Crippen molar-refractivity contribution >= 4 is 5.97 Å². The summed E-state index contributed by atoms with van der Waals surface area (Å²) in [6, 6.07) is -0.480. The molecule has 2 rings (SSSR count). The van der Waals surface area contributed by atoms with E-state index in [2.05, 4.69) is 13.0 Å². The van der Waals surface area contributed by atoms with Gasteiger partial charge < -0.3 is 9.84 Å². The lowest BCUT2D eigenvalue weighted by Crippen LogP contribution is -2.48. The molecule has 1 heterocycles. The van der Waals surface area contributed by atoms with Gasteiger partial charge in [0.05, 0.1) is 13.2 Å². The molecule has 94 valence electrons. The van der Waals surface area contributed by atoms with E-state index in [0.717, 1.165) is 12.0 Å². The minimum absolute atomic E-state index is 0.429. The van der Waals surface area contributed by atoms with Crippen LogP contribution in [0.1, 0.15) is 13.3 Å². The van der Waals surface area contributed by atoms with Crippen LogP contribution in [0.4, 0.5) is 0 Å². The first-order valence-electron chi connectivity index (χ1n) is 6.10. The average Bonchev–Trinajstić information content (AvgIpc) is 2.30. The zero-order valence-electron chi connectivity index (χ0n) is 10.1. The van der Waals surface area contributed by atoms with Gasteiger partial charge in [-0.1, -0.05) is 25.2 Å². The smallest absolute Gasteiger partial charge is 0.325 e. The van der Waals surface area contributed by atoms with E-state index in [-0.39, 0.29) is 0 Å². The van der Waals surface area contributed by atoms with Crippen LogP contribution in [0.5, 0.6) is 0 Å². The largest absolute Gasteiger partial charge is 0.480 e. The summed E-state index contributed by atoms with van der Waals surface area (Å²) in [5.74, 6) is -0.321. The lowest BCUT2D eigenvalue weighted by atomic mass is 9.90. The first kappa shape index (κ1) is 12.3. The number of aliphatic carboxylic acids is 1. The SMILES string of the molecule is CC1C=CC=C(C(C(=O)O)N2CCOCC2)C1. The fourth-order valence-electron chi connectivity index (χ4n) is 2.46. The van der Waals surface area contributed by atoms with Crippen molar-refractivity contribution in [3.63, 3.8) is 0 Å². The summed E-state index contributed by atoms with van der Waals surface area (Å²) >= 11 is 0. The highest BCUT2D eigenvalue weighted by atomic mass is 16.5. The molecule has 0 aromatic carbocycles. The highest BCUT2D eigenvalue weighted by Crippen LogP contribution is 2.24. The Labute approximate surface area is 102 Å². The molecule has 0 spiro atoms. The first-order chi connectivity index (χ1) is 8.18. The molecule has 0 aromatic rings. The van der Waals surface area contributed by atoms with E-state index in [1.165, 1.54) is 0 Å². The van der Waals surface area contributed by atoms with Crippen molar-refractivity contribution in [1.29, 1.82) is 0 Å². The minimum Gasteiger partial charge on any atom is -0.480 e. The Morgan fingerprint density at radius 2 is 2.24 bits per heavy atom. The van der Waals surface area contributed by atoms with Gasteiger partial charge in [0.1, 0.15) is 6.04 Å². The average molecular weight is 237 g/mol. The first-order valence-corrected chi connectivity index (χ1v) is 6.10. The number of rotatable bonds is 3. The molecule has 2 aliphatic rings. The molecule has 1 fully saturated rings. The summed E-state index contributed by atoms with van der Waals surface area (Å²) in [5.41, 5.74) is 1.01. The van der Waals surface area contributed by atoms with Gasteiger partial charge in [-0.3, -0.25) is 9.69 Å². The Morgan fingerprint density at radius 3 is 2.82 bits per heavy atom. The van der Waals surface area contributed by atoms with Crippen LogP contribution in [0.25, 0.3) is 0 Å². The predicted octanol–water partition coefficient (Wildman–Crippen LogP) is 1.29. The molecule has 2 atom stereocenters. The Kier molecular flexibility index (Phi) is 3.97. The molecule has 0 amide bonds. The van der Waals surface area contributed by atoms with Crippen LogP contribution >= 0.6 is 0 Å². The number of nitrogens with zero attached hydrogens (tertiary/aromatic N) is 1. The van der Waals surface area contributed by atoms with Crippen LogP contribution in [0.2, 0.25) is 0 Å². The molecule has 1 N–H and O–H groups in total. The lowest BCUT2D eigenvalue weighted by Gasteiger charge is -2.34. The lowest BCUT2D eigenvalue weighted by molar-refractivity contribution is -0.143. The number of allylic oxidation sites excluding steroid dienone is 3. The van der Waals surface area contributed by atoms with E-state index in [1.807, 2.05) is 17.1 Å². The van der Waals surface area contributed by atoms with Gasteiger partial charge >= 0.3 is 5.97 Å². The van der Waals surface area contributed by atoms with Crippen molar-refractivity contribution in [2.45, 2.75) is 19.4 Å². The van der Waals surface area contributed by atoms with Gasteiger partial charge in [0.2, 0.25) is 0 Å². The van der Waals surface area contributed by atoms with Gasteiger partial charge in [0, 0.05) is 13.1 Å². The molecule has 2 unspecified atom stereocenters. The van der Waals surface area contributed by atoms with Gasteiger partial charge in [-0.05, 0) is 17.9 Å². The molecule has 0 radical (unpaired) electrons. The number of morpholine rings is 1. The van der Waals surface area contributed by atoms with Crippen LogP contribution in [0, 0.1) is 5.92 Å². The summed E-state index contributed by atoms with van der Waals surface area (Å²) in [5, 5.41) is 9.42. The molecule has 0 saturated carbocycles. The fraction of sp³-hybridized carbons (Fsp3) is 0.615. The van der Waals surface area contributed by atoms with Crippen LogP contribution < -0.4 is 0 Å². The highest BCUT2D eigenvalue weighted by molar-refractivity contribution is 5.77. The van der Waals surface area contributed by atoms with Crippen molar-refractivity contribution in [2.75, 3.05) is 26.3 Å². The van der Waals surface area contributed by atoms with Crippen molar-refractivity contribution in [1.82, 2.24) is 4.90 Å².